The summed E-state index contributed by atoms with van der Waals surface area (Å²) in [6.45, 7) is 0. The van der Waals surface area contributed by atoms with Gasteiger partial charge in [-0.25, -0.2) is 0 Å². The van der Waals surface area contributed by atoms with Gasteiger partial charge in [0.1, 0.15) is 0 Å². The molecule has 0 unspecified atom stereocenters. The molecule has 0 bridgehead atoms. The van der Waals surface area contributed by atoms with Gasteiger partial charge in [0.15, 0.2) is 0 Å². The molecule has 5 nitrogen and oxygen atoms in total. The minimum Gasteiger partial charge on any atom is -1.00 e. The van der Waals surface area contributed by atoms with Crippen molar-refractivity contribution in [1.29, 1.82) is 0 Å². The van der Waals surface area contributed by atoms with Gasteiger partial charge in [-0.3, -0.25) is 0 Å². The maximum absolute atomic E-state index is 8.53. The number of halogens is 1. The average Bonchev–Trinajstić information content (AvgIpc) is 0.811. The van der Waals surface area contributed by atoms with E-state index in [1.165, 1.54) is 0 Å². The Labute approximate surface area is 99.5 Å². The van der Waals surface area contributed by atoms with Gasteiger partial charge in [-0.05, 0) is 0 Å². The molecule has 0 aromatic heterocycles. The third kappa shape index (κ3) is 167. The second kappa shape index (κ2) is 32.6. The van der Waals surface area contributed by atoms with Crippen LogP contribution in [0.3, 0.4) is 0 Å². The summed E-state index contributed by atoms with van der Waals surface area (Å²) in [6, 6.07) is 0. The monoisotopic (exact) mass is 226 g/mol. The van der Waals surface area contributed by atoms with Gasteiger partial charge in [0.05, 0.1) is 7.32 Å². The van der Waals surface area contributed by atoms with Crippen LogP contribution in [0.15, 0.2) is 0 Å². The van der Waals surface area contributed by atoms with Gasteiger partial charge in [-0.2, -0.15) is 0 Å². The van der Waals surface area contributed by atoms with E-state index in [2.05, 4.69) is 0 Å². The van der Waals surface area contributed by atoms with Crippen molar-refractivity contribution < 1.29 is 55.5 Å². The van der Waals surface area contributed by atoms with E-state index in [9.17, 15) is 0 Å². The van der Waals surface area contributed by atoms with Crippen molar-refractivity contribution in [2.45, 2.75) is 0 Å². The van der Waals surface area contributed by atoms with Crippen LogP contribution in [0.4, 0.5) is 0 Å². The van der Waals surface area contributed by atoms with Crippen molar-refractivity contribution in [2.75, 3.05) is 0 Å². The third-order valence-corrected chi connectivity index (χ3v) is 0. The maximum Gasteiger partial charge on any atom is 2.00 e. The summed E-state index contributed by atoms with van der Waals surface area (Å²) in [5.41, 5.74) is 0. The first-order valence-corrected chi connectivity index (χ1v) is 0.730. The predicted molar refractivity (Wildman–Crippen MR) is 19.3 cm³/mol. The summed E-state index contributed by atoms with van der Waals surface area (Å²) in [4.78, 5) is 0. The minimum absolute atomic E-state index is 0. The first-order chi connectivity index (χ1) is 1.73. The second-order valence-electron chi connectivity index (χ2n) is 0.307. The predicted octanol–water partition coefficient (Wildman–Crippen LogP) is -7.70. The van der Waals surface area contributed by atoms with Crippen molar-refractivity contribution >= 4 is 45.1 Å². The van der Waals surface area contributed by atoms with Gasteiger partial charge in [-0.15, -0.1) is 0 Å². The zero-order chi connectivity index (χ0) is 3.58. The molecule has 0 aromatic rings. The molecule has 0 fully saturated rings. The molecule has 4 N–H and O–H groups in total. The van der Waals surface area contributed by atoms with Crippen molar-refractivity contribution in [3.63, 3.8) is 0 Å². The van der Waals surface area contributed by atoms with Gasteiger partial charge >= 0.3 is 54.8 Å². The summed E-state index contributed by atoms with van der Waals surface area (Å²) in [6.07, 6.45) is 0. The molecular formula is H4BCaClFeO5. The van der Waals surface area contributed by atoms with E-state index in [1.54, 1.807) is 0 Å². The quantitative estimate of drug-likeness (QED) is 0.411. The Morgan fingerprint density at radius 2 is 1.22 bits per heavy atom. The van der Waals surface area contributed by atoms with Crippen LogP contribution in [-0.4, -0.2) is 61.0 Å². The fourth-order valence-corrected chi connectivity index (χ4v) is 0. The molecule has 0 radical (unpaired) electrons. The SMILES string of the molecule is O.[Ca+2].[Cl-].[Fe+2].[O-]B([O-])O.[OH-]. The average molecular weight is 226 g/mol. The van der Waals surface area contributed by atoms with E-state index in [0.29, 0.717) is 0 Å². The van der Waals surface area contributed by atoms with Crippen LogP contribution in [0.1, 0.15) is 0 Å². The van der Waals surface area contributed by atoms with E-state index in [4.69, 9.17) is 15.1 Å². The Kier molecular flexibility index (Phi) is 160. The van der Waals surface area contributed by atoms with Crippen molar-refractivity contribution in [3.8, 4) is 0 Å². The Morgan fingerprint density at radius 1 is 1.22 bits per heavy atom. The van der Waals surface area contributed by atoms with Crippen molar-refractivity contribution in [2.24, 2.45) is 0 Å². The molecule has 0 heterocycles. The van der Waals surface area contributed by atoms with Gasteiger partial charge in [-0.1, -0.05) is 0 Å². The Hall–Kier alpha value is 1.93. The van der Waals surface area contributed by atoms with Crippen LogP contribution in [0, 0.1) is 0 Å². The minimum atomic E-state index is -2.67. The van der Waals surface area contributed by atoms with Crippen LogP contribution < -0.4 is 22.5 Å². The van der Waals surface area contributed by atoms with Crippen LogP contribution in [0.5, 0.6) is 0 Å². The summed E-state index contributed by atoms with van der Waals surface area (Å²) >= 11 is 0. The zero-order valence-electron chi connectivity index (χ0n) is 4.23. The standard InChI is InChI=1S/BHO3.Ca.ClH.Fe.2H2O/c2-1(3)4;;;;;/h2H;;1H;;2*1H2/q-2;+2;;+2;;/p-2. The van der Waals surface area contributed by atoms with Crippen LogP contribution in [-0.2, 0) is 17.1 Å². The van der Waals surface area contributed by atoms with Crippen molar-refractivity contribution in [3.05, 3.63) is 0 Å². The van der Waals surface area contributed by atoms with Gasteiger partial charge in [0, 0.05) is 0 Å². The summed E-state index contributed by atoms with van der Waals surface area (Å²) in [5.74, 6) is 0. The molecule has 9 heavy (non-hydrogen) atoms. The first kappa shape index (κ1) is 44.3. The zero-order valence-corrected chi connectivity index (χ0v) is 8.30. The summed E-state index contributed by atoms with van der Waals surface area (Å²) < 4.78 is 0. The van der Waals surface area contributed by atoms with Crippen molar-refractivity contribution in [1.82, 2.24) is 0 Å². The fourth-order valence-electron chi connectivity index (χ4n) is 0. The second-order valence-corrected chi connectivity index (χ2v) is 0.307. The van der Waals surface area contributed by atoms with Crippen LogP contribution in [0.2, 0.25) is 0 Å². The van der Waals surface area contributed by atoms with Crippen LogP contribution >= 0.6 is 0 Å². The molecule has 0 amide bonds. The largest absolute Gasteiger partial charge is 2.00 e. The molecule has 0 aromatic carbocycles. The van der Waals surface area contributed by atoms with E-state index in [1.807, 2.05) is 0 Å². The molecule has 0 aliphatic rings. The molecule has 0 rings (SSSR count). The molecule has 0 saturated carbocycles. The van der Waals surface area contributed by atoms with Gasteiger partial charge in [0.25, 0.3) is 0 Å². The summed E-state index contributed by atoms with van der Waals surface area (Å²) in [5, 5.41) is 24.0. The molecule has 0 saturated heterocycles. The first-order valence-electron chi connectivity index (χ1n) is 0.730. The van der Waals surface area contributed by atoms with E-state index in [-0.39, 0.29) is 78.2 Å². The summed E-state index contributed by atoms with van der Waals surface area (Å²) in [7, 11) is -2.67. The molecule has 0 spiro atoms. The number of hydrogen-bond donors (Lipinski definition) is 1. The molecular weight excluding hydrogens is 222 g/mol. The number of rotatable bonds is 0. The van der Waals surface area contributed by atoms with E-state index in [0.717, 1.165) is 0 Å². The topological polar surface area (TPSA) is 128 Å². The third-order valence-electron chi connectivity index (χ3n) is 0. The number of hydrogen-bond acceptors (Lipinski definition) is 4. The maximum atomic E-state index is 8.53. The Balaban J connectivity index is -0.00000000450. The molecule has 9 heteroatoms. The van der Waals surface area contributed by atoms with Gasteiger partial charge < -0.3 is 38.4 Å². The normalized spacial score (nSPS) is 3.00. The Morgan fingerprint density at radius 3 is 1.22 bits per heavy atom. The molecule has 0 atom stereocenters. The van der Waals surface area contributed by atoms with Crippen LogP contribution in [0.25, 0.3) is 0 Å². The molecule has 0 aliphatic heterocycles. The molecule has 0 aliphatic carbocycles. The molecule has 54 valence electrons. The Bertz CT molecular complexity index is 21.7. The van der Waals surface area contributed by atoms with Gasteiger partial charge in [0.2, 0.25) is 0 Å². The van der Waals surface area contributed by atoms with E-state index < -0.39 is 7.32 Å². The fraction of sp³-hybridized carbons (Fsp3) is 0. The smallest absolute Gasteiger partial charge is 1.00 e. The van der Waals surface area contributed by atoms with E-state index >= 15 is 0 Å².